The third-order valence-corrected chi connectivity index (χ3v) is 10.9. The Morgan fingerprint density at radius 1 is 0.919 bits per heavy atom. The average molecular weight is 550 g/mol. The molecule has 202 valence electrons. The number of hydrogen-bond donors (Lipinski definition) is 1. The minimum absolute atomic E-state index is 0.0848. The lowest BCUT2D eigenvalue weighted by Crippen LogP contribution is -2.43. The van der Waals surface area contributed by atoms with E-state index in [1.807, 2.05) is 6.92 Å². The molecule has 0 aromatic heterocycles. The van der Waals surface area contributed by atoms with Crippen molar-refractivity contribution >= 4 is 26.0 Å². The van der Waals surface area contributed by atoms with Gasteiger partial charge in [-0.3, -0.25) is 4.79 Å². The summed E-state index contributed by atoms with van der Waals surface area (Å²) in [6.07, 6.45) is 3.27. The van der Waals surface area contributed by atoms with Crippen molar-refractivity contribution in [3.8, 4) is 5.75 Å². The molecular weight excluding hydrogens is 514 g/mol. The smallest absolute Gasteiger partial charge is 0.246 e. The van der Waals surface area contributed by atoms with Crippen LogP contribution in [0.5, 0.6) is 5.75 Å². The number of nitrogens with zero attached hydrogens (tertiary/aromatic N) is 2. The first-order valence-corrected chi connectivity index (χ1v) is 15.5. The molecule has 1 amide bonds. The lowest BCUT2D eigenvalue weighted by atomic mass is 9.97. The van der Waals surface area contributed by atoms with Gasteiger partial charge in [-0.15, -0.1) is 0 Å². The molecule has 0 saturated carbocycles. The number of ether oxygens (including phenoxy) is 1. The fourth-order valence-electron chi connectivity index (χ4n) is 4.86. The summed E-state index contributed by atoms with van der Waals surface area (Å²) in [6.45, 7) is 3.94. The van der Waals surface area contributed by atoms with Crippen molar-refractivity contribution in [2.75, 3.05) is 39.8 Å². The van der Waals surface area contributed by atoms with Gasteiger partial charge in [0.2, 0.25) is 26.0 Å². The minimum atomic E-state index is -3.72. The Labute approximate surface area is 219 Å². The number of carbonyl (C=O) groups is 1. The zero-order chi connectivity index (χ0) is 26.6. The number of rotatable bonds is 9. The molecule has 37 heavy (non-hydrogen) atoms. The lowest BCUT2D eigenvalue weighted by molar-refractivity contribution is -0.126. The fraction of sp³-hybridized carbons (Fsp3) is 0.500. The maximum atomic E-state index is 13.2. The highest BCUT2D eigenvalue weighted by molar-refractivity contribution is 7.89. The Balaban J connectivity index is 1.26. The molecule has 2 aromatic carbocycles. The highest BCUT2D eigenvalue weighted by Gasteiger charge is 2.33. The number of methoxy groups -OCH3 is 1. The van der Waals surface area contributed by atoms with E-state index in [-0.39, 0.29) is 29.8 Å². The van der Waals surface area contributed by atoms with Gasteiger partial charge in [-0.2, -0.15) is 8.61 Å². The van der Waals surface area contributed by atoms with Gasteiger partial charge in [-0.05, 0) is 74.4 Å². The van der Waals surface area contributed by atoms with Crippen molar-refractivity contribution in [3.63, 3.8) is 0 Å². The molecule has 2 heterocycles. The zero-order valence-corrected chi connectivity index (χ0v) is 23.0. The predicted molar refractivity (Wildman–Crippen MR) is 140 cm³/mol. The van der Waals surface area contributed by atoms with Crippen molar-refractivity contribution in [2.45, 2.75) is 48.8 Å². The van der Waals surface area contributed by atoms with Crippen LogP contribution in [0.2, 0.25) is 0 Å². The summed E-state index contributed by atoms with van der Waals surface area (Å²) in [5, 5.41) is 2.95. The van der Waals surface area contributed by atoms with Gasteiger partial charge < -0.3 is 10.1 Å². The molecule has 2 aliphatic heterocycles. The van der Waals surface area contributed by atoms with E-state index in [1.165, 1.54) is 15.7 Å². The molecule has 2 aliphatic rings. The molecule has 0 radical (unpaired) electrons. The quantitative estimate of drug-likeness (QED) is 0.514. The predicted octanol–water partition coefficient (Wildman–Crippen LogP) is 2.55. The second kappa shape index (κ2) is 11.5. The van der Waals surface area contributed by atoms with E-state index < -0.39 is 20.0 Å². The average Bonchev–Trinajstić information content (AvgIpc) is 3.45. The topological polar surface area (TPSA) is 113 Å². The van der Waals surface area contributed by atoms with Crippen LogP contribution in [0, 0.1) is 12.8 Å². The van der Waals surface area contributed by atoms with Crippen LogP contribution in [-0.4, -0.2) is 71.2 Å². The number of piperidine rings is 1. The van der Waals surface area contributed by atoms with Crippen LogP contribution >= 0.6 is 0 Å². The first-order valence-electron chi connectivity index (χ1n) is 12.6. The molecule has 0 atom stereocenters. The standard InChI is InChI=1S/C26H35N3O6S2/c1-20-5-10-24(35-2)25(19-20)37(33,34)29-17-12-22(13-18-29)26(30)27-14-11-21-6-8-23(9-7-21)36(31,32)28-15-3-4-16-28/h5-10,19,22H,3-4,11-18H2,1-2H3,(H,27,30). The number of sulfonamides is 2. The van der Waals surface area contributed by atoms with Gasteiger partial charge in [0.25, 0.3) is 0 Å². The van der Waals surface area contributed by atoms with E-state index in [9.17, 15) is 21.6 Å². The summed E-state index contributed by atoms with van der Waals surface area (Å²) in [7, 11) is -5.70. The summed E-state index contributed by atoms with van der Waals surface area (Å²) < 4.78 is 59.9. The number of amides is 1. The fourth-order valence-corrected chi connectivity index (χ4v) is 8.09. The summed E-state index contributed by atoms with van der Waals surface area (Å²) >= 11 is 0. The summed E-state index contributed by atoms with van der Waals surface area (Å²) in [4.78, 5) is 13.2. The zero-order valence-electron chi connectivity index (χ0n) is 21.4. The third kappa shape index (κ3) is 6.17. The molecule has 2 fully saturated rings. The molecule has 0 spiro atoms. The molecule has 2 aromatic rings. The Bertz CT molecular complexity index is 1310. The normalized spacial score (nSPS) is 18.1. The maximum absolute atomic E-state index is 13.2. The van der Waals surface area contributed by atoms with Crippen molar-refractivity contribution < 1.29 is 26.4 Å². The van der Waals surface area contributed by atoms with Crippen molar-refractivity contribution in [3.05, 3.63) is 53.6 Å². The highest BCUT2D eigenvalue weighted by Crippen LogP contribution is 2.30. The van der Waals surface area contributed by atoms with Crippen molar-refractivity contribution in [1.82, 2.24) is 13.9 Å². The van der Waals surface area contributed by atoms with Gasteiger partial charge in [0.05, 0.1) is 12.0 Å². The molecule has 11 heteroatoms. The first kappa shape index (κ1) is 27.6. The second-order valence-electron chi connectivity index (χ2n) is 9.63. The summed E-state index contributed by atoms with van der Waals surface area (Å²) in [5.74, 6) is -0.0237. The first-order chi connectivity index (χ1) is 17.6. The van der Waals surface area contributed by atoms with Gasteiger partial charge >= 0.3 is 0 Å². The molecule has 9 nitrogen and oxygen atoms in total. The van der Waals surface area contributed by atoms with Crippen molar-refractivity contribution in [1.29, 1.82) is 0 Å². The lowest BCUT2D eigenvalue weighted by Gasteiger charge is -2.31. The number of carbonyl (C=O) groups excluding carboxylic acids is 1. The highest BCUT2D eigenvalue weighted by atomic mass is 32.2. The molecule has 0 unspecified atom stereocenters. The SMILES string of the molecule is COc1ccc(C)cc1S(=O)(=O)N1CCC(C(=O)NCCc2ccc(S(=O)(=O)N3CCCC3)cc2)CC1. The van der Waals surface area contributed by atoms with E-state index in [2.05, 4.69) is 5.32 Å². The third-order valence-electron chi connectivity index (χ3n) is 7.10. The van der Waals surface area contributed by atoms with Crippen LogP contribution in [0.4, 0.5) is 0 Å². The van der Waals surface area contributed by atoms with Crippen molar-refractivity contribution in [2.24, 2.45) is 5.92 Å². The van der Waals surface area contributed by atoms with E-state index in [4.69, 9.17) is 4.74 Å². The molecule has 0 aliphatic carbocycles. The van der Waals surface area contributed by atoms with E-state index in [1.54, 1.807) is 42.5 Å². The Morgan fingerprint density at radius 2 is 1.54 bits per heavy atom. The van der Waals surface area contributed by atoms with Crippen LogP contribution in [0.1, 0.15) is 36.8 Å². The van der Waals surface area contributed by atoms with Gasteiger partial charge in [-0.25, -0.2) is 16.8 Å². The van der Waals surface area contributed by atoms with Crippen LogP contribution in [0.15, 0.2) is 52.3 Å². The number of hydrogen-bond acceptors (Lipinski definition) is 6. The van der Waals surface area contributed by atoms with Crippen LogP contribution in [-0.2, 0) is 31.3 Å². The van der Waals surface area contributed by atoms with Crippen LogP contribution in [0.25, 0.3) is 0 Å². The number of nitrogens with one attached hydrogen (secondary N) is 1. The van der Waals surface area contributed by atoms with Gasteiger partial charge in [0.1, 0.15) is 10.6 Å². The number of aryl methyl sites for hydroxylation is 1. The minimum Gasteiger partial charge on any atom is -0.495 e. The number of benzene rings is 2. The van der Waals surface area contributed by atoms with E-state index in [0.717, 1.165) is 24.0 Å². The van der Waals surface area contributed by atoms with E-state index in [0.29, 0.717) is 49.5 Å². The monoisotopic (exact) mass is 549 g/mol. The molecule has 4 rings (SSSR count). The van der Waals surface area contributed by atoms with Crippen LogP contribution < -0.4 is 10.1 Å². The Morgan fingerprint density at radius 3 is 2.16 bits per heavy atom. The Kier molecular flexibility index (Phi) is 8.57. The molecular formula is C26H35N3O6S2. The maximum Gasteiger partial charge on any atom is 0.246 e. The van der Waals surface area contributed by atoms with Crippen LogP contribution in [0.3, 0.4) is 0 Å². The van der Waals surface area contributed by atoms with Gasteiger partial charge in [0, 0.05) is 38.6 Å². The Hall–Kier alpha value is -2.47. The largest absolute Gasteiger partial charge is 0.495 e. The molecule has 1 N–H and O–H groups in total. The van der Waals surface area contributed by atoms with Gasteiger partial charge in [-0.1, -0.05) is 18.2 Å². The summed E-state index contributed by atoms with van der Waals surface area (Å²) in [5.41, 5.74) is 1.77. The van der Waals surface area contributed by atoms with E-state index >= 15 is 0 Å². The van der Waals surface area contributed by atoms with Gasteiger partial charge in [0.15, 0.2) is 0 Å². The molecule has 2 saturated heterocycles. The second-order valence-corrected chi connectivity index (χ2v) is 13.5. The summed E-state index contributed by atoms with van der Waals surface area (Å²) in [6, 6.07) is 11.9. The molecule has 0 bridgehead atoms.